The van der Waals surface area contributed by atoms with E-state index >= 15 is 0 Å². The van der Waals surface area contributed by atoms with Gasteiger partial charge in [0.15, 0.2) is 0 Å². The molecule has 3 rings (SSSR count). The summed E-state index contributed by atoms with van der Waals surface area (Å²) in [6, 6.07) is 30.4. The van der Waals surface area contributed by atoms with Crippen LogP contribution in [0.5, 0.6) is 5.75 Å². The molecule has 0 heterocycles. The number of ether oxygens (including phenoxy) is 1. The van der Waals surface area contributed by atoms with Crippen molar-refractivity contribution >= 4 is 18.5 Å². The Bertz CT molecular complexity index is 853. The van der Waals surface area contributed by atoms with Gasteiger partial charge in [0.2, 0.25) is 0 Å². The van der Waals surface area contributed by atoms with Crippen LogP contribution in [-0.2, 0) is 5.41 Å². The van der Waals surface area contributed by atoms with Gasteiger partial charge in [-0.2, -0.15) is 0 Å². The van der Waals surface area contributed by atoms with E-state index in [1.165, 1.54) is 16.2 Å². The molecule has 0 unspecified atom stereocenters. The Morgan fingerprint density at radius 2 is 1.17 bits per heavy atom. The number of hydrogen-bond acceptors (Lipinski definition) is 1. The molecule has 0 fully saturated rings. The van der Waals surface area contributed by atoms with Crippen molar-refractivity contribution in [2.24, 2.45) is 5.41 Å². The summed E-state index contributed by atoms with van der Waals surface area (Å²) in [5, 5.41) is 2.81. The van der Waals surface area contributed by atoms with Crippen LogP contribution in [0.25, 0.3) is 0 Å². The molecule has 0 radical (unpaired) electrons. The molecule has 0 saturated heterocycles. The highest BCUT2D eigenvalue weighted by Crippen LogP contribution is 2.37. The molecule has 2 heteroatoms. The van der Waals surface area contributed by atoms with Crippen molar-refractivity contribution < 1.29 is 4.74 Å². The first-order chi connectivity index (χ1) is 14.2. The van der Waals surface area contributed by atoms with E-state index in [4.69, 9.17) is 4.74 Å². The summed E-state index contributed by atoms with van der Waals surface area (Å²) in [5.41, 5.74) is 1.84. The van der Waals surface area contributed by atoms with E-state index in [0.29, 0.717) is 5.41 Å². The minimum Gasteiger partial charge on any atom is -0.493 e. The summed E-state index contributed by atoms with van der Waals surface area (Å²) in [5.74, 6) is 0.960. The monoisotopic (exact) mass is 418 g/mol. The van der Waals surface area contributed by atoms with Crippen molar-refractivity contribution in [2.75, 3.05) is 12.8 Å². The maximum Gasteiger partial charge on any atom is 0.119 e. The van der Waals surface area contributed by atoms with E-state index in [1.807, 2.05) is 0 Å². The first-order valence-corrected chi connectivity index (χ1v) is 12.4. The van der Waals surface area contributed by atoms with Gasteiger partial charge in [0.05, 0.1) is 6.61 Å². The molecule has 0 spiro atoms. The normalized spacial score (nSPS) is 12.2. The fourth-order valence-corrected chi connectivity index (χ4v) is 6.46. The van der Waals surface area contributed by atoms with Crippen molar-refractivity contribution in [2.45, 2.75) is 46.5 Å². The molecule has 0 N–H and O–H groups in total. The Balaban J connectivity index is 1.64. The molecule has 158 valence electrons. The fourth-order valence-electron chi connectivity index (χ4n) is 4.31. The van der Waals surface area contributed by atoms with Crippen molar-refractivity contribution in [3.05, 3.63) is 90.5 Å². The van der Waals surface area contributed by atoms with Crippen molar-refractivity contribution in [1.82, 2.24) is 0 Å². The zero-order valence-electron chi connectivity index (χ0n) is 19.1. The number of benzene rings is 3. The molecule has 0 aliphatic rings. The molecule has 0 amide bonds. The van der Waals surface area contributed by atoms with Crippen LogP contribution in [0.3, 0.4) is 0 Å². The lowest BCUT2D eigenvalue weighted by molar-refractivity contribution is 0.283. The zero-order chi connectivity index (χ0) is 21.6. The Hall–Kier alpha value is -2.11. The highest BCUT2D eigenvalue weighted by molar-refractivity contribution is 7.73. The third kappa shape index (κ3) is 6.44. The third-order valence-corrected chi connectivity index (χ3v) is 7.80. The Morgan fingerprint density at radius 1 is 0.667 bits per heavy atom. The van der Waals surface area contributed by atoms with Crippen LogP contribution < -0.4 is 15.3 Å². The predicted octanol–water partition coefficient (Wildman–Crippen LogP) is 6.91. The van der Waals surface area contributed by atoms with Gasteiger partial charge in [-0.3, -0.25) is 0 Å². The zero-order valence-corrected chi connectivity index (χ0v) is 20.0. The largest absolute Gasteiger partial charge is 0.493 e. The van der Waals surface area contributed by atoms with Crippen LogP contribution in [0.2, 0.25) is 0 Å². The topological polar surface area (TPSA) is 9.23 Å². The quantitative estimate of drug-likeness (QED) is 0.361. The van der Waals surface area contributed by atoms with Gasteiger partial charge in [-0.05, 0) is 53.5 Å². The van der Waals surface area contributed by atoms with Crippen molar-refractivity contribution in [1.29, 1.82) is 0 Å². The van der Waals surface area contributed by atoms with Gasteiger partial charge in [0.25, 0.3) is 0 Å². The SMILES string of the molecule is CC(C)(C)CC(C)(C)c1ccc(OCCP(c2ccccc2)c2ccccc2)cc1. The molecule has 0 aliphatic carbocycles. The maximum absolute atomic E-state index is 6.16. The first-order valence-electron chi connectivity index (χ1n) is 10.9. The second kappa shape index (κ2) is 9.80. The number of hydrogen-bond donors (Lipinski definition) is 0. The van der Waals surface area contributed by atoms with Gasteiger partial charge in [0.1, 0.15) is 5.75 Å². The average Bonchev–Trinajstić information content (AvgIpc) is 2.71. The predicted molar refractivity (Wildman–Crippen MR) is 133 cm³/mol. The average molecular weight is 419 g/mol. The van der Waals surface area contributed by atoms with E-state index in [-0.39, 0.29) is 5.41 Å². The lowest BCUT2D eigenvalue weighted by Gasteiger charge is -2.33. The van der Waals surface area contributed by atoms with Crippen LogP contribution in [0.1, 0.15) is 46.6 Å². The van der Waals surface area contributed by atoms with Crippen LogP contribution in [0.4, 0.5) is 0 Å². The summed E-state index contributed by atoms with van der Waals surface area (Å²) in [7, 11) is -0.413. The van der Waals surface area contributed by atoms with Crippen molar-refractivity contribution in [3.63, 3.8) is 0 Å². The van der Waals surface area contributed by atoms with E-state index in [9.17, 15) is 0 Å². The molecule has 3 aromatic carbocycles. The minimum atomic E-state index is -0.413. The Morgan fingerprint density at radius 3 is 1.63 bits per heavy atom. The van der Waals surface area contributed by atoms with Crippen LogP contribution in [0.15, 0.2) is 84.9 Å². The highest BCUT2D eigenvalue weighted by Gasteiger charge is 2.27. The van der Waals surface area contributed by atoms with Gasteiger partial charge in [-0.25, -0.2) is 0 Å². The highest BCUT2D eigenvalue weighted by atomic mass is 31.1. The summed E-state index contributed by atoms with van der Waals surface area (Å²) in [4.78, 5) is 0. The van der Waals surface area contributed by atoms with E-state index < -0.39 is 7.92 Å². The standard InChI is InChI=1S/C28H35OP/c1-27(2,3)22-28(4,5)23-16-18-24(19-17-23)29-20-21-30(25-12-8-6-9-13-25)26-14-10-7-11-15-26/h6-19H,20-22H2,1-5H3. The van der Waals surface area contributed by atoms with Gasteiger partial charge in [0, 0.05) is 6.16 Å². The third-order valence-electron chi connectivity index (χ3n) is 5.33. The smallest absolute Gasteiger partial charge is 0.119 e. The molecule has 0 bridgehead atoms. The van der Waals surface area contributed by atoms with E-state index in [0.717, 1.165) is 24.9 Å². The summed E-state index contributed by atoms with van der Waals surface area (Å²) in [6.45, 7) is 12.3. The van der Waals surface area contributed by atoms with Crippen LogP contribution in [0, 0.1) is 5.41 Å². The van der Waals surface area contributed by atoms with Gasteiger partial charge in [-0.1, -0.05) is 107 Å². The molecule has 0 aliphatic heterocycles. The Labute approximate surface area is 184 Å². The second-order valence-corrected chi connectivity index (χ2v) is 12.2. The lowest BCUT2D eigenvalue weighted by Crippen LogP contribution is -2.24. The first kappa shape index (κ1) is 22.6. The van der Waals surface area contributed by atoms with Crippen LogP contribution >= 0.6 is 7.92 Å². The fraction of sp³-hybridized carbons (Fsp3) is 0.357. The Kier molecular flexibility index (Phi) is 7.37. The molecular formula is C28H35OP. The van der Waals surface area contributed by atoms with Gasteiger partial charge in [-0.15, -0.1) is 0 Å². The van der Waals surface area contributed by atoms with Crippen molar-refractivity contribution in [3.8, 4) is 5.75 Å². The molecular weight excluding hydrogens is 383 g/mol. The van der Waals surface area contributed by atoms with Gasteiger partial charge < -0.3 is 4.74 Å². The van der Waals surface area contributed by atoms with Gasteiger partial charge >= 0.3 is 0 Å². The van der Waals surface area contributed by atoms with E-state index in [2.05, 4.69) is 120 Å². The lowest BCUT2D eigenvalue weighted by atomic mass is 9.72. The van der Waals surface area contributed by atoms with E-state index in [1.54, 1.807) is 0 Å². The molecule has 0 atom stereocenters. The molecule has 0 saturated carbocycles. The minimum absolute atomic E-state index is 0.158. The molecule has 0 aromatic heterocycles. The summed E-state index contributed by atoms with van der Waals surface area (Å²) >= 11 is 0. The molecule has 30 heavy (non-hydrogen) atoms. The molecule has 3 aromatic rings. The second-order valence-electron chi connectivity index (χ2n) is 9.82. The molecule has 1 nitrogen and oxygen atoms in total. The summed E-state index contributed by atoms with van der Waals surface area (Å²) < 4.78 is 6.16. The maximum atomic E-state index is 6.16. The number of rotatable bonds is 8. The summed E-state index contributed by atoms with van der Waals surface area (Å²) in [6.07, 6.45) is 2.17. The van der Waals surface area contributed by atoms with Crippen LogP contribution in [-0.4, -0.2) is 12.8 Å².